The van der Waals surface area contributed by atoms with Crippen molar-refractivity contribution in [1.82, 2.24) is 4.90 Å². The molecule has 0 amide bonds. The summed E-state index contributed by atoms with van der Waals surface area (Å²) in [4.78, 5) is 13.6. The maximum absolute atomic E-state index is 11.4. The maximum Gasteiger partial charge on any atom is 0.313 e. The zero-order valence-corrected chi connectivity index (χ0v) is 9.95. The van der Waals surface area contributed by atoms with Gasteiger partial charge in [-0.25, -0.2) is 0 Å². The number of carboxylic acids is 1. The van der Waals surface area contributed by atoms with E-state index in [1.165, 1.54) is 12.8 Å². The molecule has 2 fully saturated rings. The van der Waals surface area contributed by atoms with Crippen LogP contribution in [0.3, 0.4) is 0 Å². The van der Waals surface area contributed by atoms with Gasteiger partial charge in [0.05, 0.1) is 6.61 Å². The molecule has 1 aliphatic heterocycles. The highest BCUT2D eigenvalue weighted by molar-refractivity contribution is 5.75. The van der Waals surface area contributed by atoms with Gasteiger partial charge in [0.25, 0.3) is 0 Å². The minimum atomic E-state index is -0.695. The van der Waals surface area contributed by atoms with Crippen LogP contribution in [0.15, 0.2) is 0 Å². The summed E-state index contributed by atoms with van der Waals surface area (Å²) in [5.41, 5.74) is -0.648. The molecule has 1 N–H and O–H groups in total. The highest BCUT2D eigenvalue weighted by Crippen LogP contribution is 2.33. The lowest BCUT2D eigenvalue weighted by Gasteiger charge is -2.30. The topological polar surface area (TPSA) is 49.8 Å². The molecule has 4 heteroatoms. The molecule has 0 spiro atoms. The van der Waals surface area contributed by atoms with Gasteiger partial charge in [-0.15, -0.1) is 0 Å². The average molecular weight is 227 g/mol. The summed E-state index contributed by atoms with van der Waals surface area (Å²) in [6, 6.07) is 0. The second-order valence-corrected chi connectivity index (χ2v) is 5.16. The number of carboxylic acid groups (broad SMARTS) is 1. The van der Waals surface area contributed by atoms with Crippen LogP contribution in [0.1, 0.15) is 26.2 Å². The lowest BCUT2D eigenvalue weighted by molar-refractivity contribution is -0.150. The Morgan fingerprint density at radius 3 is 2.75 bits per heavy atom. The standard InChI is InChI=1S/C12H21NO3/c1-2-13(7-10-3-4-10)8-12(11(14)15)5-6-16-9-12/h10H,2-9H2,1H3,(H,14,15). The molecule has 2 aliphatic rings. The number of nitrogens with zero attached hydrogens (tertiary/aromatic N) is 1. The first-order valence-corrected chi connectivity index (χ1v) is 6.20. The average Bonchev–Trinajstić information content (AvgIpc) is 2.93. The fourth-order valence-corrected chi connectivity index (χ4v) is 2.37. The SMILES string of the molecule is CCN(CC1CC1)CC1(C(=O)O)CCOC1. The number of aliphatic carboxylic acids is 1. The van der Waals surface area contributed by atoms with Crippen molar-refractivity contribution in [3.8, 4) is 0 Å². The second-order valence-electron chi connectivity index (χ2n) is 5.16. The molecule has 1 saturated carbocycles. The van der Waals surface area contributed by atoms with E-state index in [1.54, 1.807) is 0 Å². The normalized spacial score (nSPS) is 29.9. The minimum absolute atomic E-state index is 0.378. The molecule has 0 radical (unpaired) electrons. The van der Waals surface area contributed by atoms with E-state index in [-0.39, 0.29) is 0 Å². The van der Waals surface area contributed by atoms with Crippen LogP contribution in [0.25, 0.3) is 0 Å². The van der Waals surface area contributed by atoms with Crippen LogP contribution < -0.4 is 0 Å². The Kier molecular flexibility index (Phi) is 3.50. The van der Waals surface area contributed by atoms with Gasteiger partial charge in [0.1, 0.15) is 5.41 Å². The number of rotatable bonds is 6. The molecule has 2 rings (SSSR count). The van der Waals surface area contributed by atoms with Gasteiger partial charge in [-0.1, -0.05) is 6.92 Å². The van der Waals surface area contributed by atoms with Crippen LogP contribution in [0, 0.1) is 11.3 Å². The van der Waals surface area contributed by atoms with Gasteiger partial charge in [-0.05, 0) is 31.7 Å². The van der Waals surface area contributed by atoms with Crippen LogP contribution in [-0.4, -0.2) is 48.8 Å². The Labute approximate surface area is 96.6 Å². The van der Waals surface area contributed by atoms with E-state index in [0.717, 1.165) is 19.0 Å². The van der Waals surface area contributed by atoms with Crippen molar-refractivity contribution in [1.29, 1.82) is 0 Å². The molecule has 4 nitrogen and oxygen atoms in total. The lowest BCUT2D eigenvalue weighted by atomic mass is 9.86. The van der Waals surface area contributed by atoms with Crippen LogP contribution >= 0.6 is 0 Å². The molecule has 16 heavy (non-hydrogen) atoms. The summed E-state index contributed by atoms with van der Waals surface area (Å²) >= 11 is 0. The number of carbonyl (C=O) groups is 1. The van der Waals surface area contributed by atoms with E-state index in [9.17, 15) is 9.90 Å². The van der Waals surface area contributed by atoms with E-state index in [0.29, 0.717) is 26.2 Å². The molecule has 1 unspecified atom stereocenters. The van der Waals surface area contributed by atoms with E-state index in [2.05, 4.69) is 11.8 Å². The van der Waals surface area contributed by atoms with Gasteiger partial charge in [-0.3, -0.25) is 4.79 Å². The third kappa shape index (κ3) is 2.55. The van der Waals surface area contributed by atoms with E-state index in [1.807, 2.05) is 0 Å². The fourth-order valence-electron chi connectivity index (χ4n) is 2.37. The molecular weight excluding hydrogens is 206 g/mol. The first kappa shape index (κ1) is 11.9. The summed E-state index contributed by atoms with van der Waals surface area (Å²) < 4.78 is 5.28. The van der Waals surface area contributed by atoms with Crippen LogP contribution in [0.5, 0.6) is 0 Å². The highest BCUT2D eigenvalue weighted by atomic mass is 16.5. The summed E-state index contributed by atoms with van der Waals surface area (Å²) in [5, 5.41) is 9.35. The number of ether oxygens (including phenoxy) is 1. The van der Waals surface area contributed by atoms with E-state index >= 15 is 0 Å². The van der Waals surface area contributed by atoms with Crippen molar-refractivity contribution in [2.45, 2.75) is 26.2 Å². The monoisotopic (exact) mass is 227 g/mol. The number of hydrogen-bond donors (Lipinski definition) is 1. The number of hydrogen-bond acceptors (Lipinski definition) is 3. The van der Waals surface area contributed by atoms with Crippen LogP contribution in [0.2, 0.25) is 0 Å². The third-order valence-corrected chi connectivity index (χ3v) is 3.74. The van der Waals surface area contributed by atoms with E-state index in [4.69, 9.17) is 4.74 Å². The predicted molar refractivity (Wildman–Crippen MR) is 60.3 cm³/mol. The fraction of sp³-hybridized carbons (Fsp3) is 0.917. The molecule has 0 aromatic heterocycles. The molecule has 92 valence electrons. The molecule has 1 atom stereocenters. The van der Waals surface area contributed by atoms with E-state index < -0.39 is 11.4 Å². The smallest absolute Gasteiger partial charge is 0.313 e. The van der Waals surface area contributed by atoms with Crippen molar-refractivity contribution in [3.05, 3.63) is 0 Å². The molecule has 0 bridgehead atoms. The Hall–Kier alpha value is -0.610. The summed E-state index contributed by atoms with van der Waals surface area (Å²) in [5.74, 6) is 0.118. The van der Waals surface area contributed by atoms with Crippen molar-refractivity contribution < 1.29 is 14.6 Å². The Morgan fingerprint density at radius 1 is 1.56 bits per heavy atom. The Bertz CT molecular complexity index is 257. The largest absolute Gasteiger partial charge is 0.481 e. The Balaban J connectivity index is 1.94. The van der Waals surface area contributed by atoms with Gasteiger partial charge in [-0.2, -0.15) is 0 Å². The molecule has 0 aromatic carbocycles. The third-order valence-electron chi connectivity index (χ3n) is 3.74. The van der Waals surface area contributed by atoms with Gasteiger partial charge in [0.15, 0.2) is 0 Å². The van der Waals surface area contributed by atoms with Gasteiger partial charge in [0, 0.05) is 19.7 Å². The zero-order chi connectivity index (χ0) is 11.6. The minimum Gasteiger partial charge on any atom is -0.481 e. The van der Waals surface area contributed by atoms with Crippen molar-refractivity contribution in [3.63, 3.8) is 0 Å². The zero-order valence-electron chi connectivity index (χ0n) is 9.95. The summed E-state index contributed by atoms with van der Waals surface area (Å²) in [6.07, 6.45) is 3.28. The van der Waals surface area contributed by atoms with Gasteiger partial charge >= 0.3 is 5.97 Å². The molecule has 1 saturated heterocycles. The van der Waals surface area contributed by atoms with Crippen molar-refractivity contribution >= 4 is 5.97 Å². The molecular formula is C12H21NO3. The Morgan fingerprint density at radius 2 is 2.31 bits per heavy atom. The molecule has 0 aromatic rings. The maximum atomic E-state index is 11.4. The molecule has 1 heterocycles. The van der Waals surface area contributed by atoms with Crippen LogP contribution in [0.4, 0.5) is 0 Å². The second kappa shape index (κ2) is 4.72. The van der Waals surface area contributed by atoms with Gasteiger partial charge < -0.3 is 14.7 Å². The summed E-state index contributed by atoms with van der Waals surface area (Å²) in [7, 11) is 0. The highest BCUT2D eigenvalue weighted by Gasteiger charge is 2.44. The van der Waals surface area contributed by atoms with Gasteiger partial charge in [0.2, 0.25) is 0 Å². The van der Waals surface area contributed by atoms with Crippen molar-refractivity contribution in [2.24, 2.45) is 11.3 Å². The van der Waals surface area contributed by atoms with Crippen LogP contribution in [-0.2, 0) is 9.53 Å². The lowest BCUT2D eigenvalue weighted by Crippen LogP contribution is -2.44. The quantitative estimate of drug-likeness (QED) is 0.741. The summed E-state index contributed by atoms with van der Waals surface area (Å²) in [6.45, 7) is 5.72. The first-order chi connectivity index (χ1) is 7.66. The molecule has 1 aliphatic carbocycles. The first-order valence-electron chi connectivity index (χ1n) is 6.20. The predicted octanol–water partition coefficient (Wildman–Crippen LogP) is 1.21. The van der Waals surface area contributed by atoms with Crippen molar-refractivity contribution in [2.75, 3.05) is 32.8 Å².